The maximum Gasteiger partial charge on any atom is 0.339 e. The third-order valence-corrected chi connectivity index (χ3v) is 4.88. The highest BCUT2D eigenvalue weighted by Crippen LogP contribution is 2.22. The zero-order valence-corrected chi connectivity index (χ0v) is 16.4. The third-order valence-electron chi connectivity index (χ3n) is 3.68. The van der Waals surface area contributed by atoms with Gasteiger partial charge in [0.25, 0.3) is 5.56 Å². The van der Waals surface area contributed by atoms with Crippen molar-refractivity contribution in [2.75, 3.05) is 17.7 Å². The number of fused-ring (bicyclic) bond motifs is 1. The number of carbonyl (C=O) groups is 2. The van der Waals surface area contributed by atoms with Crippen molar-refractivity contribution in [1.82, 2.24) is 9.97 Å². The average Bonchev–Trinajstić information content (AvgIpc) is 2.68. The number of nitrogens with one attached hydrogen (secondary N) is 2. The fraction of sp³-hybridized carbons (Fsp3) is 0.158. The molecule has 3 rings (SSSR count). The summed E-state index contributed by atoms with van der Waals surface area (Å²) in [5.41, 5.74) is 0.892. The first-order valence-corrected chi connectivity index (χ1v) is 9.72. The molecule has 0 saturated carbocycles. The molecule has 0 bridgehead atoms. The van der Waals surface area contributed by atoms with E-state index in [1.807, 2.05) is 0 Å². The second kappa shape index (κ2) is 8.90. The molecule has 2 N–H and O–H groups in total. The van der Waals surface area contributed by atoms with Crippen molar-refractivity contribution >= 4 is 51.8 Å². The first-order valence-electron chi connectivity index (χ1n) is 8.36. The molecular weight excluding hydrogens is 402 g/mol. The molecule has 1 aromatic heterocycles. The quantitative estimate of drug-likeness (QED) is 0.361. The van der Waals surface area contributed by atoms with Gasteiger partial charge in [0.15, 0.2) is 5.16 Å². The number of hydrogen-bond acceptors (Lipinski definition) is 6. The molecule has 28 heavy (non-hydrogen) atoms. The smallest absolute Gasteiger partial charge is 0.339 e. The molecule has 144 valence electrons. The van der Waals surface area contributed by atoms with E-state index in [2.05, 4.69) is 15.3 Å². The van der Waals surface area contributed by atoms with Gasteiger partial charge in [-0.3, -0.25) is 9.59 Å². The summed E-state index contributed by atoms with van der Waals surface area (Å²) < 4.78 is 4.94. The molecule has 0 spiro atoms. The van der Waals surface area contributed by atoms with E-state index in [0.29, 0.717) is 21.7 Å². The van der Waals surface area contributed by atoms with Gasteiger partial charge < -0.3 is 15.0 Å². The number of ether oxygens (including phenoxy) is 1. The van der Waals surface area contributed by atoms with Gasteiger partial charge in [0, 0.05) is 5.69 Å². The maximum atomic E-state index is 12.2. The predicted molar refractivity (Wildman–Crippen MR) is 109 cm³/mol. The number of amides is 1. The number of hydrogen-bond donors (Lipinski definition) is 2. The first kappa shape index (κ1) is 19.9. The Balaban J connectivity index is 1.67. The number of aromatic amines is 1. The number of esters is 1. The van der Waals surface area contributed by atoms with Gasteiger partial charge in [-0.1, -0.05) is 35.5 Å². The van der Waals surface area contributed by atoms with Gasteiger partial charge in [0.1, 0.15) is 0 Å². The van der Waals surface area contributed by atoms with E-state index in [-0.39, 0.29) is 34.4 Å². The summed E-state index contributed by atoms with van der Waals surface area (Å²) in [5.74, 6) is -0.854. The lowest BCUT2D eigenvalue weighted by Gasteiger charge is -2.09. The normalized spacial score (nSPS) is 10.6. The molecule has 0 aliphatic rings. The average molecular weight is 418 g/mol. The van der Waals surface area contributed by atoms with Gasteiger partial charge >= 0.3 is 5.97 Å². The molecule has 0 saturated heterocycles. The largest absolute Gasteiger partial charge is 0.462 e. The minimum Gasteiger partial charge on any atom is -0.462 e. The molecule has 3 aromatic rings. The Hall–Kier alpha value is -2.84. The Morgan fingerprint density at radius 3 is 2.82 bits per heavy atom. The first-order chi connectivity index (χ1) is 13.5. The number of carbonyl (C=O) groups excluding carboxylic acids is 2. The van der Waals surface area contributed by atoms with Crippen LogP contribution in [0.1, 0.15) is 17.3 Å². The molecule has 1 amide bonds. The lowest BCUT2D eigenvalue weighted by Crippen LogP contribution is -2.16. The summed E-state index contributed by atoms with van der Waals surface area (Å²) in [5, 5.41) is 3.76. The second-order valence-corrected chi connectivity index (χ2v) is 7.01. The summed E-state index contributed by atoms with van der Waals surface area (Å²) in [6, 6.07) is 11.5. The number of anilines is 1. The van der Waals surface area contributed by atoms with E-state index in [9.17, 15) is 14.4 Å². The van der Waals surface area contributed by atoms with Crippen LogP contribution in [0.2, 0.25) is 5.02 Å². The molecule has 0 fully saturated rings. The number of thioether (sulfide) groups is 1. The molecule has 2 aromatic carbocycles. The molecule has 0 aliphatic carbocycles. The van der Waals surface area contributed by atoms with Crippen molar-refractivity contribution in [3.8, 4) is 0 Å². The Kier molecular flexibility index (Phi) is 6.33. The molecule has 9 heteroatoms. The van der Waals surface area contributed by atoms with E-state index in [0.717, 1.165) is 11.8 Å². The Bertz CT molecular complexity index is 1100. The fourth-order valence-corrected chi connectivity index (χ4v) is 3.30. The summed E-state index contributed by atoms with van der Waals surface area (Å²) >= 11 is 7.11. The van der Waals surface area contributed by atoms with Gasteiger partial charge in [-0.2, -0.15) is 0 Å². The van der Waals surface area contributed by atoms with E-state index in [1.54, 1.807) is 37.3 Å². The monoisotopic (exact) mass is 417 g/mol. The molecule has 7 nitrogen and oxygen atoms in total. The van der Waals surface area contributed by atoms with Crippen LogP contribution in [0.5, 0.6) is 0 Å². The minimum absolute atomic E-state index is 0.0264. The Labute approximate surface area is 169 Å². The number of benzene rings is 2. The van der Waals surface area contributed by atoms with Crippen LogP contribution >= 0.6 is 23.4 Å². The highest BCUT2D eigenvalue weighted by Gasteiger charge is 2.14. The van der Waals surface area contributed by atoms with Crippen LogP contribution in [-0.4, -0.2) is 34.2 Å². The SMILES string of the molecule is CCOC(=O)c1cc(NC(=O)CSc2nc3ccccc3c(=O)[nH]2)ccc1Cl. The topological polar surface area (TPSA) is 101 Å². The number of rotatable bonds is 6. The molecule has 0 atom stereocenters. The van der Waals surface area contributed by atoms with Crippen molar-refractivity contribution in [1.29, 1.82) is 0 Å². The number of aromatic nitrogens is 2. The molecule has 1 heterocycles. The highest BCUT2D eigenvalue weighted by molar-refractivity contribution is 7.99. The molecule has 0 radical (unpaired) electrons. The summed E-state index contributed by atoms with van der Waals surface area (Å²) in [7, 11) is 0. The number of H-pyrrole nitrogens is 1. The van der Waals surface area contributed by atoms with Gasteiger partial charge in [-0.05, 0) is 37.3 Å². The van der Waals surface area contributed by atoms with Crippen molar-refractivity contribution in [3.05, 3.63) is 63.4 Å². The van der Waals surface area contributed by atoms with Crippen LogP contribution in [0, 0.1) is 0 Å². The van der Waals surface area contributed by atoms with Crippen LogP contribution in [0.25, 0.3) is 10.9 Å². The van der Waals surface area contributed by atoms with Gasteiger partial charge in [-0.15, -0.1) is 0 Å². The number of nitrogens with zero attached hydrogens (tertiary/aromatic N) is 1. The number of halogens is 1. The summed E-state index contributed by atoms with van der Waals surface area (Å²) in [6.07, 6.45) is 0. The summed E-state index contributed by atoms with van der Waals surface area (Å²) in [6.45, 7) is 1.92. The molecule has 0 aliphatic heterocycles. The predicted octanol–water partition coefficient (Wildman–Crippen LogP) is 3.48. The fourth-order valence-electron chi connectivity index (χ4n) is 2.43. The van der Waals surface area contributed by atoms with Gasteiger partial charge in [0.05, 0.1) is 33.8 Å². The molecular formula is C19H16ClN3O4S. The third kappa shape index (κ3) is 4.71. The van der Waals surface area contributed by atoms with Gasteiger partial charge in [-0.25, -0.2) is 9.78 Å². The van der Waals surface area contributed by atoms with Crippen LogP contribution in [-0.2, 0) is 9.53 Å². The Morgan fingerprint density at radius 1 is 1.25 bits per heavy atom. The standard InChI is InChI=1S/C19H16ClN3O4S/c1-2-27-18(26)13-9-11(7-8-14(13)20)21-16(24)10-28-19-22-15-6-4-3-5-12(15)17(25)23-19/h3-9H,2,10H2,1H3,(H,21,24)(H,22,23,25). The van der Waals surface area contributed by atoms with E-state index < -0.39 is 5.97 Å². The highest BCUT2D eigenvalue weighted by atomic mass is 35.5. The lowest BCUT2D eigenvalue weighted by atomic mass is 10.2. The zero-order valence-electron chi connectivity index (χ0n) is 14.8. The lowest BCUT2D eigenvalue weighted by molar-refractivity contribution is -0.113. The van der Waals surface area contributed by atoms with Crippen molar-refractivity contribution in [2.45, 2.75) is 12.1 Å². The van der Waals surface area contributed by atoms with Crippen LogP contribution in [0.3, 0.4) is 0 Å². The van der Waals surface area contributed by atoms with Gasteiger partial charge in [0.2, 0.25) is 5.91 Å². The van der Waals surface area contributed by atoms with Crippen LogP contribution in [0.15, 0.2) is 52.4 Å². The second-order valence-electron chi connectivity index (χ2n) is 5.64. The number of para-hydroxylation sites is 1. The van der Waals surface area contributed by atoms with Crippen molar-refractivity contribution in [3.63, 3.8) is 0 Å². The van der Waals surface area contributed by atoms with Crippen LogP contribution in [0.4, 0.5) is 5.69 Å². The summed E-state index contributed by atoms with van der Waals surface area (Å²) in [4.78, 5) is 43.2. The zero-order chi connectivity index (χ0) is 20.1. The molecule has 0 unspecified atom stereocenters. The van der Waals surface area contributed by atoms with E-state index in [1.165, 1.54) is 12.1 Å². The van der Waals surface area contributed by atoms with E-state index >= 15 is 0 Å². The maximum absolute atomic E-state index is 12.2. The minimum atomic E-state index is -0.559. The van der Waals surface area contributed by atoms with Crippen LogP contribution < -0.4 is 10.9 Å². The Morgan fingerprint density at radius 2 is 2.04 bits per heavy atom. The van der Waals surface area contributed by atoms with Crippen molar-refractivity contribution in [2.24, 2.45) is 0 Å². The van der Waals surface area contributed by atoms with E-state index in [4.69, 9.17) is 16.3 Å². The van der Waals surface area contributed by atoms with Crippen molar-refractivity contribution < 1.29 is 14.3 Å².